The number of unbranched alkanes of at least 4 members (excludes halogenated alkanes) is 60. The molecule has 0 aliphatic carbocycles. The van der Waals surface area contributed by atoms with Crippen molar-refractivity contribution in [2.45, 2.75) is 475 Å². The van der Waals surface area contributed by atoms with Gasteiger partial charge in [-0.05, 0) is 25.7 Å². The predicted octanol–water partition coefficient (Wildman–Crippen LogP) is 26.6. The average Bonchev–Trinajstić information content (AvgIpc) is 3.46. The summed E-state index contributed by atoms with van der Waals surface area (Å²) in [4.78, 5) is 0. The third-order valence-corrected chi connectivity index (χ3v) is 19.4. The fourth-order valence-corrected chi connectivity index (χ4v) is 13.8. The minimum atomic E-state index is -0.154. The van der Waals surface area contributed by atoms with Crippen molar-refractivity contribution in [2.75, 3.05) is 13.1 Å². The van der Waals surface area contributed by atoms with E-state index in [1.807, 2.05) is 0 Å². The van der Waals surface area contributed by atoms with E-state index in [9.17, 15) is 0 Å². The molecule has 0 spiro atoms. The van der Waals surface area contributed by atoms with E-state index in [1.165, 1.54) is 437 Å². The normalized spacial score (nSPS) is 12.2. The van der Waals surface area contributed by atoms with Crippen LogP contribution in [0.1, 0.15) is 464 Å². The topological polar surface area (TPSA) is 64.1 Å². The summed E-state index contributed by atoms with van der Waals surface area (Å²) in [5, 5.41) is 4.29. The van der Waals surface area contributed by atoms with E-state index in [4.69, 9.17) is 11.5 Å². The first kappa shape index (κ1) is 78.9. The van der Waals surface area contributed by atoms with E-state index in [0.717, 1.165) is 6.54 Å². The van der Waals surface area contributed by atoms with Gasteiger partial charge in [0.05, 0.1) is 0 Å². The second-order valence-electron chi connectivity index (χ2n) is 27.2. The van der Waals surface area contributed by atoms with Gasteiger partial charge in [-0.1, -0.05) is 439 Å². The van der Waals surface area contributed by atoms with E-state index < -0.39 is 0 Å². The van der Waals surface area contributed by atoms with Crippen LogP contribution in [0.4, 0.5) is 0 Å². The van der Waals surface area contributed by atoms with Crippen molar-refractivity contribution in [1.82, 2.24) is 5.32 Å². The number of hydrogen-bond acceptors (Lipinski definition) is 3. The molecule has 0 rings (SSSR count). The summed E-state index contributed by atoms with van der Waals surface area (Å²) in [7, 11) is 0. The zero-order valence-electron chi connectivity index (χ0n) is 56.2. The van der Waals surface area contributed by atoms with E-state index >= 15 is 0 Å². The molecule has 3 heteroatoms. The second kappa shape index (κ2) is 67.0. The maximum atomic E-state index is 8.17. The van der Waals surface area contributed by atoms with Crippen molar-refractivity contribution in [1.29, 1.82) is 0 Å². The number of hydrogen-bond donors (Lipinski definition) is 3. The Morgan fingerprint density at radius 3 is 0.494 bits per heavy atom. The van der Waals surface area contributed by atoms with Crippen LogP contribution in [0.2, 0.25) is 0 Å². The third-order valence-electron chi connectivity index (χ3n) is 19.4. The molecule has 476 valence electrons. The summed E-state index contributed by atoms with van der Waals surface area (Å²) in [6.07, 6.45) is 96.3. The molecule has 0 saturated heterocycles. The van der Waals surface area contributed by atoms with Gasteiger partial charge in [-0.15, -0.1) is 0 Å². The molecule has 5 N–H and O–H groups in total. The zero-order valence-corrected chi connectivity index (χ0v) is 56.2. The van der Waals surface area contributed by atoms with Crippen molar-refractivity contribution >= 4 is 0 Å². The minimum Gasteiger partial charge on any atom is -0.329 e. The molecular formula is C76H157N3. The SMILES string of the molecule is CCCCCCCCCCCCCCCCCCC(N)(CCCCCCCCCCCCCCCCCC)C(CCCCCCCCCCCCCCCCCC)(CCCCCCCCCCCCCCCCCC)NCCN. The fourth-order valence-electron chi connectivity index (χ4n) is 13.8. The summed E-state index contributed by atoms with van der Waals surface area (Å²) in [6, 6.07) is 0. The molecule has 0 aromatic rings. The van der Waals surface area contributed by atoms with Crippen LogP contribution in [0.15, 0.2) is 0 Å². The fraction of sp³-hybridized carbons (Fsp3) is 1.00. The number of nitrogens with one attached hydrogen (secondary N) is 1. The third kappa shape index (κ3) is 55.5. The van der Waals surface area contributed by atoms with Crippen molar-refractivity contribution in [3.05, 3.63) is 0 Å². The maximum Gasteiger partial charge on any atom is 0.0362 e. The molecule has 0 bridgehead atoms. The van der Waals surface area contributed by atoms with Crippen LogP contribution in [0.25, 0.3) is 0 Å². The van der Waals surface area contributed by atoms with Crippen molar-refractivity contribution in [2.24, 2.45) is 11.5 Å². The molecule has 0 unspecified atom stereocenters. The first-order chi connectivity index (χ1) is 39.1. The second-order valence-corrected chi connectivity index (χ2v) is 27.2. The molecule has 0 saturated carbocycles. The van der Waals surface area contributed by atoms with Gasteiger partial charge in [0.2, 0.25) is 0 Å². The summed E-state index contributed by atoms with van der Waals surface area (Å²) in [5.74, 6) is 0. The summed E-state index contributed by atoms with van der Waals surface area (Å²) in [6.45, 7) is 10.9. The van der Waals surface area contributed by atoms with Crippen LogP contribution in [0, 0.1) is 0 Å². The Labute approximate surface area is 502 Å². The molecule has 0 aromatic carbocycles. The monoisotopic (exact) mass is 1110 g/mol. The van der Waals surface area contributed by atoms with Crippen molar-refractivity contribution in [3.8, 4) is 0 Å². The van der Waals surface area contributed by atoms with Crippen LogP contribution < -0.4 is 16.8 Å². The number of nitrogens with two attached hydrogens (primary N) is 2. The lowest BCUT2D eigenvalue weighted by molar-refractivity contribution is 0.109. The highest BCUT2D eigenvalue weighted by Gasteiger charge is 2.46. The van der Waals surface area contributed by atoms with E-state index in [-0.39, 0.29) is 11.1 Å². The zero-order chi connectivity index (χ0) is 57.2. The Kier molecular flexibility index (Phi) is 66.9. The lowest BCUT2D eigenvalue weighted by atomic mass is 9.66. The van der Waals surface area contributed by atoms with Gasteiger partial charge >= 0.3 is 0 Å². The number of rotatable bonds is 72. The standard InChI is InChI=1S/C76H157N3/c1-5-9-13-17-21-25-29-33-37-41-45-49-53-57-61-65-69-75(78,70-66-62-58-54-50-46-42-38-34-30-26-22-18-14-10-6-2)76(79-74-73-77,71-67-63-59-55-51-47-43-39-35-31-27-23-19-15-11-7-3)72-68-64-60-56-52-48-44-40-36-32-28-24-20-16-12-8-4/h79H,5-74,77-78H2,1-4H3. The van der Waals surface area contributed by atoms with Crippen LogP contribution in [0.3, 0.4) is 0 Å². The molecule has 0 aromatic heterocycles. The Bertz CT molecular complexity index is 1000. The predicted molar refractivity (Wildman–Crippen MR) is 363 cm³/mol. The molecule has 0 aliphatic rings. The highest BCUT2D eigenvalue weighted by Crippen LogP contribution is 2.40. The van der Waals surface area contributed by atoms with Gasteiger partial charge in [-0.2, -0.15) is 0 Å². The van der Waals surface area contributed by atoms with Gasteiger partial charge in [0.15, 0.2) is 0 Å². The minimum absolute atomic E-state index is 0.00336. The lowest BCUT2D eigenvalue weighted by Crippen LogP contribution is -2.68. The quantitative estimate of drug-likeness (QED) is 0.0532. The Morgan fingerprint density at radius 1 is 0.203 bits per heavy atom. The highest BCUT2D eigenvalue weighted by molar-refractivity contribution is 5.09. The van der Waals surface area contributed by atoms with Crippen molar-refractivity contribution < 1.29 is 0 Å². The van der Waals surface area contributed by atoms with Gasteiger partial charge in [0.1, 0.15) is 0 Å². The van der Waals surface area contributed by atoms with Crippen molar-refractivity contribution in [3.63, 3.8) is 0 Å². The molecule has 0 aliphatic heterocycles. The Morgan fingerprint density at radius 2 is 0.342 bits per heavy atom. The van der Waals surface area contributed by atoms with Crippen LogP contribution >= 0.6 is 0 Å². The van der Waals surface area contributed by atoms with Gasteiger partial charge < -0.3 is 16.8 Å². The molecule has 0 radical (unpaired) electrons. The van der Waals surface area contributed by atoms with Crippen LogP contribution in [-0.2, 0) is 0 Å². The summed E-state index contributed by atoms with van der Waals surface area (Å²) >= 11 is 0. The molecular weight excluding hydrogens is 955 g/mol. The van der Waals surface area contributed by atoms with Gasteiger partial charge in [-0.25, -0.2) is 0 Å². The first-order valence-corrected chi connectivity index (χ1v) is 38.3. The van der Waals surface area contributed by atoms with E-state index in [1.54, 1.807) is 0 Å². The Balaban J connectivity index is 5.49. The average molecular weight is 1110 g/mol. The van der Waals surface area contributed by atoms with Gasteiger partial charge in [0.25, 0.3) is 0 Å². The first-order valence-electron chi connectivity index (χ1n) is 38.3. The van der Waals surface area contributed by atoms with Crippen LogP contribution in [-0.4, -0.2) is 24.2 Å². The molecule has 0 atom stereocenters. The van der Waals surface area contributed by atoms with Gasteiger partial charge in [0, 0.05) is 24.2 Å². The van der Waals surface area contributed by atoms with E-state index in [0.29, 0.717) is 6.54 Å². The van der Waals surface area contributed by atoms with Crippen LogP contribution in [0.5, 0.6) is 0 Å². The van der Waals surface area contributed by atoms with Gasteiger partial charge in [-0.3, -0.25) is 0 Å². The molecule has 0 amide bonds. The molecule has 0 heterocycles. The lowest BCUT2D eigenvalue weighted by Gasteiger charge is -2.51. The molecule has 79 heavy (non-hydrogen) atoms. The maximum absolute atomic E-state index is 8.17. The van der Waals surface area contributed by atoms with E-state index in [2.05, 4.69) is 33.0 Å². The summed E-state index contributed by atoms with van der Waals surface area (Å²) in [5.41, 5.74) is 14.5. The molecule has 3 nitrogen and oxygen atoms in total. The molecule has 0 fully saturated rings. The summed E-state index contributed by atoms with van der Waals surface area (Å²) < 4.78 is 0. The Hall–Kier alpha value is -0.120. The highest BCUT2D eigenvalue weighted by atomic mass is 15.1. The largest absolute Gasteiger partial charge is 0.329 e. The smallest absolute Gasteiger partial charge is 0.0362 e.